The molecule has 0 unspecified atom stereocenters. The van der Waals surface area contributed by atoms with Gasteiger partial charge in [-0.25, -0.2) is 0 Å². The van der Waals surface area contributed by atoms with Gasteiger partial charge in [-0.3, -0.25) is 0 Å². The number of nitrogens with zero attached hydrogens (tertiary/aromatic N) is 1. The quantitative estimate of drug-likeness (QED) is 0.828. The second-order valence-corrected chi connectivity index (χ2v) is 6.36. The second-order valence-electron chi connectivity index (χ2n) is 5.22. The van der Waals surface area contributed by atoms with Gasteiger partial charge in [0.15, 0.2) is 0 Å². The summed E-state index contributed by atoms with van der Waals surface area (Å²) in [5, 5.41) is 20.8. The Morgan fingerprint density at radius 2 is 1.84 bits per heavy atom. The molecule has 0 aliphatic heterocycles. The van der Waals surface area contributed by atoms with E-state index in [4.69, 9.17) is 5.26 Å². The number of aromatic hydroxyl groups is 1. The van der Waals surface area contributed by atoms with Gasteiger partial charge >= 0.3 is 0 Å². The Bertz CT molecular complexity index is 628. The largest absolute Gasteiger partial charge is 0.507 e. The molecule has 2 rings (SSSR count). The fraction of sp³-hybridized carbons (Fsp3) is 0.312. The molecule has 2 aromatic carbocycles. The highest BCUT2D eigenvalue weighted by Crippen LogP contribution is 2.34. The van der Waals surface area contributed by atoms with E-state index in [-0.39, 0.29) is 5.41 Å². The first-order valence-electron chi connectivity index (χ1n) is 6.28. The topological polar surface area (TPSA) is 44.0 Å². The van der Waals surface area contributed by atoms with Gasteiger partial charge in [-0.1, -0.05) is 24.3 Å². The van der Waals surface area contributed by atoms with E-state index in [1.165, 1.54) is 0 Å². The van der Waals surface area contributed by atoms with Crippen LogP contribution in [0.2, 0.25) is 0 Å². The number of benzene rings is 2. The van der Waals surface area contributed by atoms with Crippen LogP contribution in [0.15, 0.2) is 41.3 Å². The normalized spacial score (nSPS) is 11.4. The Morgan fingerprint density at radius 3 is 2.53 bits per heavy atom. The van der Waals surface area contributed by atoms with Gasteiger partial charge in [-0.2, -0.15) is 5.26 Å². The maximum atomic E-state index is 9.84. The lowest BCUT2D eigenvalue weighted by atomic mass is 9.93. The van der Waals surface area contributed by atoms with Crippen LogP contribution in [-0.2, 0) is 0 Å². The maximum Gasteiger partial charge on any atom is 0.123 e. The summed E-state index contributed by atoms with van der Waals surface area (Å²) in [6.07, 6.45) is 0.851. The van der Waals surface area contributed by atoms with Crippen molar-refractivity contribution in [1.29, 1.82) is 5.26 Å². The van der Waals surface area contributed by atoms with Crippen LogP contribution in [0.1, 0.15) is 20.3 Å². The smallest absolute Gasteiger partial charge is 0.123 e. The number of hydrogen-bond donors (Lipinski definition) is 1. The summed E-state index contributed by atoms with van der Waals surface area (Å²) in [5.74, 6) is 1.22. The average Bonchev–Trinajstić information content (AvgIpc) is 2.42. The summed E-state index contributed by atoms with van der Waals surface area (Å²) in [6.45, 7) is 3.92. The molecular weight excluding hydrogens is 254 g/mol. The fourth-order valence-corrected chi connectivity index (χ4v) is 3.18. The first-order chi connectivity index (χ1) is 9.03. The van der Waals surface area contributed by atoms with Crippen molar-refractivity contribution in [3.8, 4) is 11.8 Å². The van der Waals surface area contributed by atoms with Crippen molar-refractivity contribution >= 4 is 22.5 Å². The zero-order chi connectivity index (χ0) is 13.9. The molecule has 0 radical (unpaired) electrons. The lowest BCUT2D eigenvalue weighted by molar-refractivity contribution is 0.480. The zero-order valence-corrected chi connectivity index (χ0v) is 12.0. The highest BCUT2D eigenvalue weighted by molar-refractivity contribution is 7.99. The van der Waals surface area contributed by atoms with Gasteiger partial charge in [0.05, 0.1) is 11.5 Å². The molecule has 0 aromatic heterocycles. The summed E-state index contributed by atoms with van der Waals surface area (Å²) in [6, 6.07) is 13.9. The molecule has 0 amide bonds. The third kappa shape index (κ3) is 3.21. The number of hydrogen-bond acceptors (Lipinski definition) is 3. The highest BCUT2D eigenvalue weighted by atomic mass is 32.2. The Kier molecular flexibility index (Phi) is 4.01. The van der Waals surface area contributed by atoms with Crippen LogP contribution in [0.4, 0.5) is 0 Å². The summed E-state index contributed by atoms with van der Waals surface area (Å²) < 4.78 is 0. The number of thioether (sulfide) groups is 1. The maximum absolute atomic E-state index is 9.84. The van der Waals surface area contributed by atoms with Crippen molar-refractivity contribution in [2.24, 2.45) is 5.41 Å². The van der Waals surface area contributed by atoms with E-state index < -0.39 is 0 Å². The molecule has 0 atom stereocenters. The van der Waals surface area contributed by atoms with Crippen molar-refractivity contribution in [1.82, 2.24) is 0 Å². The molecule has 0 aliphatic rings. The molecule has 19 heavy (non-hydrogen) atoms. The van der Waals surface area contributed by atoms with E-state index in [9.17, 15) is 5.11 Å². The predicted octanol–water partition coefficient (Wildman–Crippen LogP) is 4.58. The van der Waals surface area contributed by atoms with Crippen molar-refractivity contribution in [3.63, 3.8) is 0 Å². The van der Waals surface area contributed by atoms with Crippen LogP contribution in [-0.4, -0.2) is 10.9 Å². The van der Waals surface area contributed by atoms with Gasteiger partial charge in [-0.15, -0.1) is 11.8 Å². The van der Waals surface area contributed by atoms with Gasteiger partial charge in [0.2, 0.25) is 0 Å². The molecule has 0 fully saturated rings. The Labute approximate surface area is 118 Å². The van der Waals surface area contributed by atoms with Crippen molar-refractivity contribution in [3.05, 3.63) is 36.4 Å². The van der Waals surface area contributed by atoms with Gasteiger partial charge in [0.25, 0.3) is 0 Å². The molecular formula is C16H17NOS. The Hall–Kier alpha value is -1.66. The van der Waals surface area contributed by atoms with Gasteiger partial charge in [-0.05, 0) is 43.5 Å². The molecule has 2 aromatic rings. The van der Waals surface area contributed by atoms with E-state index in [0.29, 0.717) is 5.75 Å². The van der Waals surface area contributed by atoms with Crippen LogP contribution in [0, 0.1) is 16.7 Å². The molecule has 0 spiro atoms. The molecule has 0 saturated carbocycles. The highest BCUT2D eigenvalue weighted by Gasteiger charge is 2.16. The zero-order valence-electron chi connectivity index (χ0n) is 11.2. The van der Waals surface area contributed by atoms with Crippen LogP contribution in [0.3, 0.4) is 0 Å². The van der Waals surface area contributed by atoms with E-state index in [2.05, 4.69) is 6.07 Å². The third-order valence-electron chi connectivity index (χ3n) is 3.15. The van der Waals surface area contributed by atoms with E-state index in [1.54, 1.807) is 17.8 Å². The number of fused-ring (bicyclic) bond motifs is 1. The standard InChI is InChI=1S/C16H17NOS/c1-16(2,11-17)9-10-19-15-8-7-14(18)12-5-3-4-6-13(12)15/h3-8,18H,9-10H2,1-2H3. The summed E-state index contributed by atoms with van der Waals surface area (Å²) >= 11 is 1.74. The Balaban J connectivity index is 2.18. The number of phenols is 1. The fourth-order valence-electron chi connectivity index (χ4n) is 1.85. The summed E-state index contributed by atoms with van der Waals surface area (Å²) in [7, 11) is 0. The second kappa shape index (κ2) is 5.54. The molecule has 3 heteroatoms. The van der Waals surface area contributed by atoms with Crippen molar-refractivity contribution < 1.29 is 5.11 Å². The van der Waals surface area contributed by atoms with E-state index in [1.807, 2.05) is 44.2 Å². The lowest BCUT2D eigenvalue weighted by Crippen LogP contribution is -2.08. The predicted molar refractivity (Wildman–Crippen MR) is 80.3 cm³/mol. The van der Waals surface area contributed by atoms with Gasteiger partial charge in [0, 0.05) is 10.3 Å². The van der Waals surface area contributed by atoms with Crippen molar-refractivity contribution in [2.75, 3.05) is 5.75 Å². The van der Waals surface area contributed by atoms with Crippen LogP contribution in [0.25, 0.3) is 10.8 Å². The monoisotopic (exact) mass is 271 g/mol. The lowest BCUT2D eigenvalue weighted by Gasteiger charge is -2.14. The molecule has 98 valence electrons. The summed E-state index contributed by atoms with van der Waals surface area (Å²) in [4.78, 5) is 1.15. The Morgan fingerprint density at radius 1 is 1.16 bits per heavy atom. The minimum atomic E-state index is -0.278. The third-order valence-corrected chi connectivity index (χ3v) is 4.22. The minimum absolute atomic E-state index is 0.278. The van der Waals surface area contributed by atoms with Crippen LogP contribution in [0.5, 0.6) is 5.75 Å². The van der Waals surface area contributed by atoms with Gasteiger partial charge < -0.3 is 5.11 Å². The number of nitriles is 1. The SMILES string of the molecule is CC(C)(C#N)CCSc1ccc(O)c2ccccc12. The van der Waals surface area contributed by atoms with E-state index in [0.717, 1.165) is 27.8 Å². The van der Waals surface area contributed by atoms with Gasteiger partial charge in [0.1, 0.15) is 5.75 Å². The average molecular weight is 271 g/mol. The number of rotatable bonds is 4. The molecule has 0 saturated heterocycles. The molecule has 0 heterocycles. The molecule has 1 N–H and O–H groups in total. The minimum Gasteiger partial charge on any atom is -0.507 e. The molecule has 0 bridgehead atoms. The van der Waals surface area contributed by atoms with Crippen molar-refractivity contribution in [2.45, 2.75) is 25.2 Å². The molecule has 0 aliphatic carbocycles. The van der Waals surface area contributed by atoms with Crippen LogP contribution < -0.4 is 0 Å². The first-order valence-corrected chi connectivity index (χ1v) is 7.27. The first kappa shape index (κ1) is 13.8. The summed E-state index contributed by atoms with van der Waals surface area (Å²) in [5.41, 5.74) is -0.278. The molecule has 2 nitrogen and oxygen atoms in total. The van der Waals surface area contributed by atoms with Crippen LogP contribution >= 0.6 is 11.8 Å². The van der Waals surface area contributed by atoms with E-state index >= 15 is 0 Å². The number of phenolic OH excluding ortho intramolecular Hbond substituents is 1.